The van der Waals surface area contributed by atoms with Crippen LogP contribution in [0.2, 0.25) is 0 Å². The lowest BCUT2D eigenvalue weighted by molar-refractivity contribution is -0.151. The molecule has 0 aromatic heterocycles. The van der Waals surface area contributed by atoms with Crippen molar-refractivity contribution in [3.8, 4) is 0 Å². The molecule has 3 aliphatic rings. The van der Waals surface area contributed by atoms with Gasteiger partial charge in [-0.05, 0) is 64.1 Å². The third kappa shape index (κ3) is 10.9. The van der Waals surface area contributed by atoms with Gasteiger partial charge in [0.1, 0.15) is 11.7 Å². The van der Waals surface area contributed by atoms with Crippen LogP contribution >= 0.6 is 0 Å². The summed E-state index contributed by atoms with van der Waals surface area (Å²) in [6, 6.07) is 0. The Morgan fingerprint density at radius 3 is 2.56 bits per heavy atom. The number of hydrogen-bond donors (Lipinski definition) is 2. The van der Waals surface area contributed by atoms with Crippen molar-refractivity contribution >= 4 is 12.1 Å². The van der Waals surface area contributed by atoms with E-state index >= 15 is 0 Å². The Kier molecular flexibility index (Phi) is 14.1. The van der Waals surface area contributed by atoms with Gasteiger partial charge in [0.05, 0.1) is 30.8 Å². The highest BCUT2D eigenvalue weighted by Crippen LogP contribution is 2.36. The summed E-state index contributed by atoms with van der Waals surface area (Å²) in [5, 5.41) is 20.8. The predicted octanol–water partition coefficient (Wildman–Crippen LogP) is 4.50. The monoisotopic (exact) mass is 634 g/mol. The summed E-state index contributed by atoms with van der Waals surface area (Å²) in [4.78, 5) is 30.0. The zero-order valence-corrected chi connectivity index (χ0v) is 28.7. The summed E-state index contributed by atoms with van der Waals surface area (Å²) in [7, 11) is 3.61. The van der Waals surface area contributed by atoms with E-state index in [0.29, 0.717) is 19.5 Å². The Morgan fingerprint density at radius 1 is 1.22 bits per heavy atom. The number of nitrogens with zero attached hydrogens (tertiary/aromatic N) is 2. The molecule has 0 aromatic carbocycles. The number of aliphatic hydroxyl groups is 2. The van der Waals surface area contributed by atoms with E-state index in [1.165, 1.54) is 0 Å². The minimum Gasteiger partial charge on any atom is -0.457 e. The minimum absolute atomic E-state index is 0.108. The van der Waals surface area contributed by atoms with Crippen LogP contribution in [-0.4, -0.2) is 115 Å². The van der Waals surface area contributed by atoms with Gasteiger partial charge in [0.2, 0.25) is 0 Å². The molecule has 3 aliphatic heterocycles. The first-order chi connectivity index (χ1) is 21.3. The zero-order valence-electron chi connectivity index (χ0n) is 28.7. The van der Waals surface area contributed by atoms with Gasteiger partial charge in [-0.25, -0.2) is 4.79 Å². The average molecular weight is 635 g/mol. The number of carbonyl (C=O) groups excluding carboxylic acids is 2. The van der Waals surface area contributed by atoms with Crippen LogP contribution in [0.3, 0.4) is 0 Å². The van der Waals surface area contributed by atoms with Gasteiger partial charge in [-0.15, -0.1) is 0 Å². The Morgan fingerprint density at radius 2 is 1.91 bits per heavy atom. The Labute approximate surface area is 270 Å². The van der Waals surface area contributed by atoms with Gasteiger partial charge < -0.3 is 39.0 Å². The number of carbonyl (C=O) groups is 2. The summed E-state index contributed by atoms with van der Waals surface area (Å²) in [6.07, 6.45) is 9.28. The molecule has 0 saturated carbocycles. The molecule has 0 unspecified atom stereocenters. The first-order valence-corrected chi connectivity index (χ1v) is 16.7. The number of aliphatic hydroxyl groups excluding tert-OH is 2. The Bertz CT molecular complexity index is 1050. The third-order valence-electron chi connectivity index (χ3n) is 9.78. The van der Waals surface area contributed by atoms with Crippen LogP contribution in [0.5, 0.6) is 0 Å². The summed E-state index contributed by atoms with van der Waals surface area (Å²) < 4.78 is 23.7. The van der Waals surface area contributed by atoms with Gasteiger partial charge in [0.15, 0.2) is 6.10 Å². The number of ether oxygens (including phenoxy) is 4. The lowest BCUT2D eigenvalue weighted by atomic mass is 9.88. The van der Waals surface area contributed by atoms with Crippen molar-refractivity contribution in [2.75, 3.05) is 40.3 Å². The molecule has 0 aliphatic carbocycles. The molecule has 0 aromatic rings. The molecule has 10 nitrogen and oxygen atoms in total. The summed E-state index contributed by atoms with van der Waals surface area (Å²) in [5.74, 6) is -0.316. The SMILES string of the molecule is CC[C@H](O)[C@@H](C)[C@H]1O[C@@H]1C[C@H](C)/C=C/C=C(\C)[C@H]1OC(=O)C[C@H](O)CC[C@@](C)(OC)[C@@H](OC(=O)N2CCN(C)CC2)/C=C\[C@@H]1C. The van der Waals surface area contributed by atoms with Gasteiger partial charge in [0.25, 0.3) is 0 Å². The highest BCUT2D eigenvalue weighted by Gasteiger charge is 2.45. The normalized spacial score (nSPS) is 35.1. The molecule has 10 atom stereocenters. The Balaban J connectivity index is 1.74. The van der Waals surface area contributed by atoms with E-state index in [9.17, 15) is 19.8 Å². The lowest BCUT2D eigenvalue weighted by Gasteiger charge is -2.38. The van der Waals surface area contributed by atoms with Gasteiger partial charge in [-0.2, -0.15) is 0 Å². The second kappa shape index (κ2) is 17.1. The van der Waals surface area contributed by atoms with Gasteiger partial charge in [-0.1, -0.05) is 52.0 Å². The van der Waals surface area contributed by atoms with Crippen LogP contribution in [0.4, 0.5) is 4.79 Å². The van der Waals surface area contributed by atoms with Crippen molar-refractivity contribution in [3.63, 3.8) is 0 Å². The van der Waals surface area contributed by atoms with E-state index in [1.54, 1.807) is 12.0 Å². The second-order valence-electron chi connectivity index (χ2n) is 13.6. The van der Waals surface area contributed by atoms with Crippen molar-refractivity contribution in [3.05, 3.63) is 36.0 Å². The summed E-state index contributed by atoms with van der Waals surface area (Å²) >= 11 is 0. The van der Waals surface area contributed by atoms with Crippen LogP contribution in [-0.2, 0) is 23.7 Å². The van der Waals surface area contributed by atoms with E-state index in [0.717, 1.165) is 31.5 Å². The maximum atomic E-state index is 13.2. The van der Waals surface area contributed by atoms with Crippen LogP contribution in [0.25, 0.3) is 0 Å². The minimum atomic E-state index is -0.917. The first-order valence-electron chi connectivity index (χ1n) is 16.7. The van der Waals surface area contributed by atoms with Crippen molar-refractivity contribution in [1.29, 1.82) is 0 Å². The molecular weight excluding hydrogens is 576 g/mol. The molecule has 0 radical (unpaired) electrons. The number of likely N-dealkylation sites (N-methyl/N-ethyl adjacent to an activating group) is 1. The van der Waals surface area contributed by atoms with Crippen LogP contribution in [0.15, 0.2) is 36.0 Å². The number of methoxy groups -OCH3 is 1. The maximum Gasteiger partial charge on any atom is 0.410 e. The highest BCUT2D eigenvalue weighted by atomic mass is 16.6. The predicted molar refractivity (Wildman–Crippen MR) is 174 cm³/mol. The standard InChI is InChI=1S/C35H58N2O8/c1-9-28(39)26(5)33-29(43-33)21-23(2)11-10-12-24(3)32-25(4)13-14-30(44-34(41)37-19-17-36(7)18-20-37)35(6,42-8)16-15-27(38)22-31(40)45-32/h10-14,23,25-30,32-33,38-39H,9,15-22H2,1-8H3/b11-10+,14-13-,24-12+/t23-,25+,26-,27-,28+,29-,30+,32-,33-,35-/m1/s1. The number of epoxide rings is 1. The number of amides is 1. The molecule has 2 N–H and O–H groups in total. The first kappa shape index (κ1) is 37.2. The number of hydrogen-bond acceptors (Lipinski definition) is 9. The van der Waals surface area contributed by atoms with Gasteiger partial charge in [0, 0.05) is 45.1 Å². The molecule has 2 fully saturated rings. The zero-order chi connectivity index (χ0) is 33.3. The molecule has 45 heavy (non-hydrogen) atoms. The second-order valence-corrected chi connectivity index (χ2v) is 13.6. The summed E-state index contributed by atoms with van der Waals surface area (Å²) in [5.41, 5.74) is -0.0467. The molecule has 10 heteroatoms. The fourth-order valence-electron chi connectivity index (χ4n) is 6.17. The van der Waals surface area contributed by atoms with Crippen molar-refractivity contribution < 1.29 is 38.7 Å². The fourth-order valence-corrected chi connectivity index (χ4v) is 6.17. The number of cyclic esters (lactones) is 1. The molecular formula is C35H58N2O8. The molecule has 1 amide bonds. The van der Waals surface area contributed by atoms with Crippen molar-refractivity contribution in [2.24, 2.45) is 17.8 Å². The van der Waals surface area contributed by atoms with E-state index in [-0.39, 0.29) is 48.9 Å². The molecule has 3 rings (SSSR count). The van der Waals surface area contributed by atoms with E-state index in [2.05, 4.69) is 17.9 Å². The molecule has 2 saturated heterocycles. The number of esters is 1. The molecule has 256 valence electrons. The van der Waals surface area contributed by atoms with Crippen LogP contribution in [0, 0.1) is 17.8 Å². The van der Waals surface area contributed by atoms with Crippen LogP contribution in [0.1, 0.15) is 73.6 Å². The number of piperazine rings is 1. The van der Waals surface area contributed by atoms with Crippen LogP contribution < -0.4 is 0 Å². The molecule has 0 bridgehead atoms. The smallest absolute Gasteiger partial charge is 0.410 e. The molecule has 0 spiro atoms. The van der Waals surface area contributed by atoms with Gasteiger partial charge >= 0.3 is 12.1 Å². The summed E-state index contributed by atoms with van der Waals surface area (Å²) in [6.45, 7) is 14.7. The highest BCUT2D eigenvalue weighted by molar-refractivity contribution is 5.70. The lowest BCUT2D eigenvalue weighted by Crippen LogP contribution is -2.50. The quantitative estimate of drug-likeness (QED) is 0.155. The van der Waals surface area contributed by atoms with E-state index in [4.69, 9.17) is 18.9 Å². The van der Waals surface area contributed by atoms with E-state index in [1.807, 2.05) is 66.0 Å². The molecule has 3 heterocycles. The van der Waals surface area contributed by atoms with Gasteiger partial charge in [-0.3, -0.25) is 4.79 Å². The van der Waals surface area contributed by atoms with Crippen molar-refractivity contribution in [1.82, 2.24) is 9.80 Å². The average Bonchev–Trinajstić information content (AvgIpc) is 3.77. The maximum absolute atomic E-state index is 13.2. The number of allylic oxidation sites excluding steroid dienone is 3. The Hall–Kier alpha value is -2.24. The number of rotatable bonds is 10. The third-order valence-corrected chi connectivity index (χ3v) is 9.78. The van der Waals surface area contributed by atoms with Crippen molar-refractivity contribution in [2.45, 2.75) is 116 Å². The van der Waals surface area contributed by atoms with E-state index < -0.39 is 36.0 Å². The largest absolute Gasteiger partial charge is 0.457 e. The fraction of sp³-hybridized carbons (Fsp3) is 0.771. The topological polar surface area (TPSA) is 121 Å².